The van der Waals surface area contributed by atoms with Crippen LogP contribution in [0.5, 0.6) is 0 Å². The fourth-order valence-corrected chi connectivity index (χ4v) is 2.75. The Morgan fingerprint density at radius 1 is 1.33 bits per heavy atom. The predicted octanol–water partition coefficient (Wildman–Crippen LogP) is 1.71. The van der Waals surface area contributed by atoms with Gasteiger partial charge in [-0.05, 0) is 31.7 Å². The summed E-state index contributed by atoms with van der Waals surface area (Å²) in [7, 11) is 1.84. The van der Waals surface area contributed by atoms with Crippen LogP contribution in [0, 0.1) is 0 Å². The van der Waals surface area contributed by atoms with Crippen molar-refractivity contribution < 1.29 is 14.0 Å². The second-order valence-corrected chi connectivity index (χ2v) is 5.96. The molecule has 3 rings (SSSR count). The average Bonchev–Trinajstić information content (AvgIpc) is 3.17. The highest BCUT2D eigenvalue weighted by molar-refractivity contribution is 6.01. The molecular weight excluding hydrogens is 306 g/mol. The van der Waals surface area contributed by atoms with Gasteiger partial charge in [0.05, 0.1) is 19.2 Å². The van der Waals surface area contributed by atoms with Gasteiger partial charge in [0, 0.05) is 23.8 Å². The molecule has 2 amide bonds. The largest absolute Gasteiger partial charge is 0.459 e. The van der Waals surface area contributed by atoms with Gasteiger partial charge in [-0.2, -0.15) is 0 Å². The van der Waals surface area contributed by atoms with E-state index >= 15 is 0 Å². The van der Waals surface area contributed by atoms with Crippen molar-refractivity contribution in [1.82, 2.24) is 10.6 Å². The minimum Gasteiger partial charge on any atom is -0.459 e. The lowest BCUT2D eigenvalue weighted by Crippen LogP contribution is -2.37. The van der Waals surface area contributed by atoms with E-state index in [0.717, 1.165) is 11.3 Å². The van der Waals surface area contributed by atoms with Gasteiger partial charge >= 0.3 is 0 Å². The molecule has 0 saturated heterocycles. The number of carbonyl (C=O) groups is 2. The highest BCUT2D eigenvalue weighted by Gasteiger charge is 2.28. The van der Waals surface area contributed by atoms with Gasteiger partial charge in [0.1, 0.15) is 0 Å². The Morgan fingerprint density at radius 2 is 2.12 bits per heavy atom. The first-order valence-electron chi connectivity index (χ1n) is 8.00. The highest BCUT2D eigenvalue weighted by atomic mass is 16.3. The Labute approximate surface area is 140 Å². The summed E-state index contributed by atoms with van der Waals surface area (Å²) >= 11 is 0. The van der Waals surface area contributed by atoms with Crippen molar-refractivity contribution in [2.75, 3.05) is 18.5 Å². The standard InChI is InChI=1S/C18H21N3O3/c1-12(19-2)10-20-18(23)17-14(7-8-24-17)11-21-15-6-4-3-5-13(15)9-16(21)22/h3-8,12,19H,9-11H2,1-2H3,(H,20,23). The second kappa shape index (κ2) is 6.88. The number of rotatable bonds is 6. The van der Waals surface area contributed by atoms with E-state index in [1.54, 1.807) is 11.0 Å². The number of fused-ring (bicyclic) bond motifs is 1. The first-order chi connectivity index (χ1) is 11.6. The Hall–Kier alpha value is -2.60. The van der Waals surface area contributed by atoms with Crippen LogP contribution < -0.4 is 15.5 Å². The molecule has 2 N–H and O–H groups in total. The molecule has 0 saturated carbocycles. The zero-order chi connectivity index (χ0) is 17.1. The monoisotopic (exact) mass is 327 g/mol. The molecule has 2 aromatic rings. The molecule has 126 valence electrons. The van der Waals surface area contributed by atoms with Crippen molar-refractivity contribution in [3.05, 3.63) is 53.5 Å². The zero-order valence-corrected chi connectivity index (χ0v) is 13.8. The van der Waals surface area contributed by atoms with Crippen LogP contribution in [-0.4, -0.2) is 31.4 Å². The number of anilines is 1. The molecule has 1 atom stereocenters. The number of nitrogens with zero attached hydrogens (tertiary/aromatic N) is 1. The molecular formula is C18H21N3O3. The summed E-state index contributed by atoms with van der Waals surface area (Å²) in [6, 6.07) is 9.62. The van der Waals surface area contributed by atoms with E-state index in [2.05, 4.69) is 10.6 Å². The van der Waals surface area contributed by atoms with Crippen LogP contribution in [0.25, 0.3) is 0 Å². The van der Waals surface area contributed by atoms with Gasteiger partial charge in [0.2, 0.25) is 5.91 Å². The molecule has 1 aliphatic heterocycles. The molecule has 0 bridgehead atoms. The molecule has 6 nitrogen and oxygen atoms in total. The van der Waals surface area contributed by atoms with Gasteiger partial charge in [0.15, 0.2) is 5.76 Å². The first kappa shape index (κ1) is 16.3. The lowest BCUT2D eigenvalue weighted by Gasteiger charge is -2.17. The number of likely N-dealkylation sites (N-methyl/N-ethyl adjacent to an activating group) is 1. The van der Waals surface area contributed by atoms with E-state index in [0.29, 0.717) is 25.1 Å². The summed E-state index contributed by atoms with van der Waals surface area (Å²) in [5.41, 5.74) is 2.62. The molecule has 1 aliphatic rings. The first-order valence-corrected chi connectivity index (χ1v) is 8.00. The molecule has 0 aliphatic carbocycles. The third kappa shape index (κ3) is 3.19. The third-order valence-electron chi connectivity index (χ3n) is 4.27. The van der Waals surface area contributed by atoms with E-state index in [1.807, 2.05) is 38.2 Å². The topological polar surface area (TPSA) is 74.6 Å². The Balaban J connectivity index is 1.74. The Kier molecular flexibility index (Phi) is 4.66. The zero-order valence-electron chi connectivity index (χ0n) is 13.8. The summed E-state index contributed by atoms with van der Waals surface area (Å²) in [6.45, 7) is 2.81. The van der Waals surface area contributed by atoms with E-state index in [4.69, 9.17) is 4.42 Å². The fraction of sp³-hybridized carbons (Fsp3) is 0.333. The maximum atomic E-state index is 12.3. The van der Waals surface area contributed by atoms with E-state index in [9.17, 15) is 9.59 Å². The molecule has 1 aromatic heterocycles. The van der Waals surface area contributed by atoms with E-state index in [1.165, 1.54) is 6.26 Å². The van der Waals surface area contributed by atoms with Crippen molar-refractivity contribution in [3.8, 4) is 0 Å². The highest BCUT2D eigenvalue weighted by Crippen LogP contribution is 2.30. The van der Waals surface area contributed by atoms with Crippen LogP contribution in [0.15, 0.2) is 41.0 Å². The number of carbonyl (C=O) groups excluding carboxylic acids is 2. The number of amides is 2. The normalized spacial score (nSPS) is 14.6. The quantitative estimate of drug-likeness (QED) is 0.847. The number of para-hydroxylation sites is 1. The van der Waals surface area contributed by atoms with Gasteiger partial charge in [-0.1, -0.05) is 18.2 Å². The van der Waals surface area contributed by atoms with E-state index in [-0.39, 0.29) is 23.6 Å². The van der Waals surface area contributed by atoms with Crippen LogP contribution in [0.2, 0.25) is 0 Å². The molecule has 0 spiro atoms. The summed E-state index contributed by atoms with van der Waals surface area (Å²) in [6.07, 6.45) is 1.88. The van der Waals surface area contributed by atoms with Crippen LogP contribution in [0.3, 0.4) is 0 Å². The Bertz CT molecular complexity index is 753. The van der Waals surface area contributed by atoms with Gasteiger partial charge in [-0.15, -0.1) is 0 Å². The molecule has 0 fully saturated rings. The Morgan fingerprint density at radius 3 is 2.92 bits per heavy atom. The van der Waals surface area contributed by atoms with Crippen LogP contribution in [0.4, 0.5) is 5.69 Å². The molecule has 1 unspecified atom stereocenters. The predicted molar refractivity (Wildman–Crippen MR) is 90.9 cm³/mol. The third-order valence-corrected chi connectivity index (χ3v) is 4.27. The number of benzene rings is 1. The van der Waals surface area contributed by atoms with E-state index < -0.39 is 0 Å². The van der Waals surface area contributed by atoms with Gasteiger partial charge in [-0.25, -0.2) is 0 Å². The fourth-order valence-electron chi connectivity index (χ4n) is 2.75. The van der Waals surface area contributed by atoms with Gasteiger partial charge in [-0.3, -0.25) is 9.59 Å². The minimum atomic E-state index is -0.267. The van der Waals surface area contributed by atoms with Crippen molar-refractivity contribution in [2.45, 2.75) is 25.9 Å². The van der Waals surface area contributed by atoms with Crippen molar-refractivity contribution in [1.29, 1.82) is 0 Å². The lowest BCUT2D eigenvalue weighted by atomic mass is 10.1. The average molecular weight is 327 g/mol. The van der Waals surface area contributed by atoms with Crippen LogP contribution in [0.1, 0.15) is 28.6 Å². The number of hydrogen-bond donors (Lipinski definition) is 2. The molecule has 24 heavy (non-hydrogen) atoms. The molecule has 1 aromatic carbocycles. The molecule has 0 radical (unpaired) electrons. The van der Waals surface area contributed by atoms with Crippen LogP contribution in [-0.2, 0) is 17.8 Å². The van der Waals surface area contributed by atoms with Crippen molar-refractivity contribution in [3.63, 3.8) is 0 Å². The number of hydrogen-bond acceptors (Lipinski definition) is 4. The van der Waals surface area contributed by atoms with Gasteiger partial charge in [0.25, 0.3) is 5.91 Å². The van der Waals surface area contributed by atoms with Crippen molar-refractivity contribution >= 4 is 17.5 Å². The van der Waals surface area contributed by atoms with Gasteiger partial charge < -0.3 is 20.0 Å². The summed E-state index contributed by atoms with van der Waals surface area (Å²) in [5, 5.41) is 5.89. The summed E-state index contributed by atoms with van der Waals surface area (Å²) in [4.78, 5) is 26.3. The summed E-state index contributed by atoms with van der Waals surface area (Å²) < 4.78 is 5.36. The molecule has 6 heteroatoms. The maximum Gasteiger partial charge on any atom is 0.287 e. The maximum absolute atomic E-state index is 12.3. The SMILES string of the molecule is CNC(C)CNC(=O)c1occc1CN1C(=O)Cc2ccccc21. The van der Waals surface area contributed by atoms with Crippen molar-refractivity contribution in [2.24, 2.45) is 0 Å². The number of furan rings is 1. The van der Waals surface area contributed by atoms with Crippen LogP contribution >= 0.6 is 0 Å². The minimum absolute atomic E-state index is 0.0348. The number of nitrogens with one attached hydrogen (secondary N) is 2. The summed E-state index contributed by atoms with van der Waals surface area (Å²) in [5.74, 6) is 0.0279. The smallest absolute Gasteiger partial charge is 0.287 e. The molecule has 2 heterocycles. The lowest BCUT2D eigenvalue weighted by molar-refractivity contribution is -0.117. The second-order valence-electron chi connectivity index (χ2n) is 5.96.